The van der Waals surface area contributed by atoms with E-state index in [0.29, 0.717) is 40.3 Å². The number of aromatic nitrogens is 4. The Balaban J connectivity index is 1.33. The molecule has 3 aliphatic rings. The Morgan fingerprint density at radius 2 is 1.97 bits per heavy atom. The molecule has 0 bridgehead atoms. The number of rotatable bonds is 7. The number of nitrogens with zero attached hydrogens (tertiary/aromatic N) is 5. The maximum atomic E-state index is 11.3. The lowest BCUT2D eigenvalue weighted by atomic mass is 10.1. The van der Waals surface area contributed by atoms with Crippen molar-refractivity contribution in [3.05, 3.63) is 91.9 Å². The monoisotopic (exact) mass is 540 g/mol. The molecule has 1 atom stereocenters. The maximum absolute atomic E-state index is 11.3. The van der Waals surface area contributed by atoms with E-state index in [1.807, 2.05) is 24.3 Å². The second-order valence-electron chi connectivity index (χ2n) is 7.28. The molecule has 0 amide bonds. The van der Waals surface area contributed by atoms with E-state index in [0.717, 1.165) is 10.0 Å². The molecule has 3 heterocycles. The van der Waals surface area contributed by atoms with Gasteiger partial charge >= 0.3 is 0 Å². The zero-order valence-corrected chi connectivity index (χ0v) is 19.9. The number of anilines is 1. The number of aryl methyl sites for hydroxylation is 2. The third-order valence-electron chi connectivity index (χ3n) is 5.14. The number of benzene rings is 2. The summed E-state index contributed by atoms with van der Waals surface area (Å²) in [5, 5.41) is 12.2. The minimum atomic E-state index is -0.569. The Kier molecular flexibility index (Phi) is 6.07. The van der Waals surface area contributed by atoms with Crippen LogP contribution >= 0.6 is 27.7 Å². The lowest BCUT2D eigenvalue weighted by Gasteiger charge is -2.12. The van der Waals surface area contributed by atoms with Crippen molar-refractivity contribution in [2.75, 3.05) is 5.73 Å². The summed E-state index contributed by atoms with van der Waals surface area (Å²) in [6.45, 7) is 0.420. The van der Waals surface area contributed by atoms with Crippen molar-refractivity contribution >= 4 is 39.2 Å². The summed E-state index contributed by atoms with van der Waals surface area (Å²) in [6.07, 6.45) is 2.95. The van der Waals surface area contributed by atoms with Crippen LogP contribution in [0.25, 0.3) is 11.5 Å². The Morgan fingerprint density at radius 1 is 1.18 bits per heavy atom. The number of para-hydroxylation sites is 1. The number of ether oxygens (including phenoxy) is 2. The smallest absolute Gasteiger partial charge is 0.272 e. The van der Waals surface area contributed by atoms with E-state index in [1.165, 1.54) is 24.1 Å². The van der Waals surface area contributed by atoms with Gasteiger partial charge in [-0.25, -0.2) is 15.0 Å². The fourth-order valence-corrected chi connectivity index (χ4v) is 4.66. The molecule has 5 rings (SSSR count). The van der Waals surface area contributed by atoms with Crippen LogP contribution in [0.2, 0.25) is 0 Å². The van der Waals surface area contributed by atoms with Gasteiger partial charge in [-0.1, -0.05) is 52.3 Å². The number of thioether (sulfide) groups is 1. The Morgan fingerprint density at radius 3 is 2.79 bits per heavy atom. The molecule has 2 N–H and O–H groups in total. The number of nitrogens with two attached hydrogens (primary N) is 1. The second-order valence-corrected chi connectivity index (χ2v) is 9.11. The Hall–Kier alpha value is -3.64. The number of nitro benzene ring substituents is 1. The molecule has 2 aromatic rings. The van der Waals surface area contributed by atoms with Crippen molar-refractivity contribution in [2.45, 2.75) is 24.4 Å². The molecule has 12 heteroatoms. The van der Waals surface area contributed by atoms with Crippen LogP contribution in [0.15, 0.2) is 75.8 Å². The van der Waals surface area contributed by atoms with Crippen molar-refractivity contribution in [1.82, 2.24) is 19.5 Å². The summed E-state index contributed by atoms with van der Waals surface area (Å²) in [5.41, 5.74) is 8.05. The van der Waals surface area contributed by atoms with Crippen LogP contribution in [0.3, 0.4) is 0 Å². The molecule has 0 aliphatic carbocycles. The van der Waals surface area contributed by atoms with E-state index < -0.39 is 6.29 Å². The largest absolute Gasteiger partial charge is 0.454 e. The first-order chi connectivity index (χ1) is 16.5. The molecule has 2 aromatic carbocycles. The number of imidazole rings is 1. The first kappa shape index (κ1) is 22.2. The molecule has 0 saturated heterocycles. The van der Waals surface area contributed by atoms with Gasteiger partial charge in [0.05, 0.1) is 11.3 Å². The van der Waals surface area contributed by atoms with Gasteiger partial charge in [0, 0.05) is 28.2 Å². The maximum Gasteiger partial charge on any atom is 0.272 e. The summed E-state index contributed by atoms with van der Waals surface area (Å²) in [7, 11) is 0. The van der Waals surface area contributed by atoms with Crippen LogP contribution < -0.4 is 5.73 Å². The number of halogens is 1. The van der Waals surface area contributed by atoms with E-state index in [-0.39, 0.29) is 16.4 Å². The fourth-order valence-electron chi connectivity index (χ4n) is 3.50. The quantitative estimate of drug-likeness (QED) is 0.256. The highest BCUT2D eigenvalue weighted by Gasteiger charge is 2.27. The highest BCUT2D eigenvalue weighted by Crippen LogP contribution is 2.40. The first-order valence-corrected chi connectivity index (χ1v) is 11.8. The molecule has 3 aliphatic heterocycles. The van der Waals surface area contributed by atoms with Gasteiger partial charge in [0.2, 0.25) is 5.09 Å². The number of nitro groups is 1. The number of nitrogen functional groups attached to an aromatic ring is 1. The minimum Gasteiger partial charge on any atom is -0.454 e. The van der Waals surface area contributed by atoms with Crippen LogP contribution in [0.5, 0.6) is 0 Å². The average molecular weight is 541 g/mol. The van der Waals surface area contributed by atoms with Gasteiger partial charge in [-0.15, -0.1) is 0 Å². The van der Waals surface area contributed by atoms with Gasteiger partial charge in [0.25, 0.3) is 12.0 Å². The van der Waals surface area contributed by atoms with Crippen LogP contribution in [0.1, 0.15) is 17.4 Å². The molecule has 0 aromatic heterocycles. The van der Waals surface area contributed by atoms with Gasteiger partial charge in [-0.3, -0.25) is 10.1 Å². The van der Waals surface area contributed by atoms with Gasteiger partial charge < -0.3 is 19.8 Å². The van der Waals surface area contributed by atoms with Gasteiger partial charge in [-0.05, 0) is 24.2 Å². The molecule has 0 spiro atoms. The number of hydrogen-bond acceptors (Lipinski definition) is 9. The fraction of sp³-hybridized carbons (Fsp3) is 0.136. The van der Waals surface area contributed by atoms with Crippen molar-refractivity contribution in [1.29, 1.82) is 0 Å². The second kappa shape index (κ2) is 9.31. The van der Waals surface area contributed by atoms with Crippen LogP contribution in [-0.4, -0.2) is 24.4 Å². The van der Waals surface area contributed by atoms with Crippen molar-refractivity contribution < 1.29 is 14.4 Å². The Labute approximate surface area is 206 Å². The topological polar surface area (TPSA) is 131 Å². The SMILES string of the molecule is Nc1ncn(CCc2ccccc2[N+](=O)[O-])c2nc(SC3=COC(c4ccccc4Br)O3)nc1-2. The molecule has 0 fully saturated rings. The normalized spacial score (nSPS) is 15.1. The molecule has 0 radical (unpaired) electrons. The van der Waals surface area contributed by atoms with E-state index in [4.69, 9.17) is 15.2 Å². The van der Waals surface area contributed by atoms with E-state index >= 15 is 0 Å². The molecular formula is C22H17BrN6O4S. The highest BCUT2D eigenvalue weighted by atomic mass is 79.9. The first-order valence-electron chi connectivity index (χ1n) is 10.1. The Bertz CT molecular complexity index is 1380. The van der Waals surface area contributed by atoms with Crippen LogP contribution in [-0.2, 0) is 22.4 Å². The minimum absolute atomic E-state index is 0.0810. The van der Waals surface area contributed by atoms with E-state index in [1.54, 1.807) is 29.1 Å². The summed E-state index contributed by atoms with van der Waals surface area (Å²) in [4.78, 5) is 24.2. The predicted octanol–water partition coefficient (Wildman–Crippen LogP) is 4.91. The van der Waals surface area contributed by atoms with E-state index in [9.17, 15) is 10.1 Å². The van der Waals surface area contributed by atoms with Crippen molar-refractivity contribution in [3.8, 4) is 11.5 Å². The average Bonchev–Trinajstić information content (AvgIpc) is 3.47. The lowest BCUT2D eigenvalue weighted by molar-refractivity contribution is -0.385. The molecule has 1 unspecified atom stereocenters. The molecule has 10 nitrogen and oxygen atoms in total. The summed E-state index contributed by atoms with van der Waals surface area (Å²) >= 11 is 4.71. The molecule has 0 saturated carbocycles. The third-order valence-corrected chi connectivity index (χ3v) is 6.63. The highest BCUT2D eigenvalue weighted by molar-refractivity contribution is 9.10. The zero-order valence-electron chi connectivity index (χ0n) is 17.5. The van der Waals surface area contributed by atoms with Crippen molar-refractivity contribution in [2.24, 2.45) is 0 Å². The molecule has 172 valence electrons. The standard InChI is InChI=1S/C22H17BrN6O4S/c23-15-7-3-2-6-14(15)21-32-11-17(33-21)34-22-26-18-19(24)25-12-28(20(18)27-22)10-9-13-5-1-4-8-16(13)29(30)31/h1-8,11-12,21H,9-10,24H2. The van der Waals surface area contributed by atoms with Crippen LogP contribution in [0, 0.1) is 10.1 Å². The van der Waals surface area contributed by atoms with Crippen molar-refractivity contribution in [3.63, 3.8) is 0 Å². The summed E-state index contributed by atoms with van der Waals surface area (Å²) in [5.74, 6) is 0.787. The zero-order chi connectivity index (χ0) is 23.7. The van der Waals surface area contributed by atoms with Crippen LogP contribution in [0.4, 0.5) is 11.5 Å². The van der Waals surface area contributed by atoms with E-state index in [2.05, 4.69) is 30.9 Å². The lowest BCUT2D eigenvalue weighted by Crippen LogP contribution is -2.10. The molecule has 34 heavy (non-hydrogen) atoms. The van der Waals surface area contributed by atoms with Gasteiger partial charge in [-0.2, -0.15) is 0 Å². The summed E-state index contributed by atoms with van der Waals surface area (Å²) in [6, 6.07) is 14.3. The van der Waals surface area contributed by atoms with Gasteiger partial charge in [0.1, 0.15) is 6.26 Å². The molecular weight excluding hydrogens is 524 g/mol. The summed E-state index contributed by atoms with van der Waals surface area (Å²) < 4.78 is 14.2. The number of fused-ring (bicyclic) bond motifs is 1. The number of hydrogen-bond donors (Lipinski definition) is 1. The predicted molar refractivity (Wildman–Crippen MR) is 129 cm³/mol. The third kappa shape index (κ3) is 4.41. The van der Waals surface area contributed by atoms with Gasteiger partial charge in [0.15, 0.2) is 22.5 Å².